The van der Waals surface area contributed by atoms with Gasteiger partial charge in [0.05, 0.1) is 11.4 Å². The first kappa shape index (κ1) is 13.5. The lowest BCUT2D eigenvalue weighted by Crippen LogP contribution is -2.46. The van der Waals surface area contributed by atoms with Crippen molar-refractivity contribution < 1.29 is 4.79 Å². The zero-order valence-electron chi connectivity index (χ0n) is 12.3. The van der Waals surface area contributed by atoms with Crippen LogP contribution in [0.25, 0.3) is 0 Å². The summed E-state index contributed by atoms with van der Waals surface area (Å²) in [6, 6.07) is 15.6. The summed E-state index contributed by atoms with van der Waals surface area (Å²) in [5.41, 5.74) is 4.11. The molecule has 4 nitrogen and oxygen atoms in total. The Hall–Kier alpha value is -2.49. The van der Waals surface area contributed by atoms with Crippen molar-refractivity contribution >= 4 is 23.0 Å². The molecule has 3 rings (SSSR count). The predicted octanol–water partition coefficient (Wildman–Crippen LogP) is 2.86. The topological polar surface area (TPSA) is 44.4 Å². The van der Waals surface area contributed by atoms with Crippen LogP contribution in [0.4, 0.5) is 17.1 Å². The predicted molar refractivity (Wildman–Crippen MR) is 86.9 cm³/mol. The lowest BCUT2D eigenvalue weighted by Gasteiger charge is -2.30. The van der Waals surface area contributed by atoms with Gasteiger partial charge in [-0.15, -0.1) is 0 Å². The minimum absolute atomic E-state index is 0.0563. The average molecular weight is 281 g/mol. The summed E-state index contributed by atoms with van der Waals surface area (Å²) < 4.78 is 0. The molecule has 0 saturated carbocycles. The van der Waals surface area contributed by atoms with Gasteiger partial charge in [0, 0.05) is 19.3 Å². The van der Waals surface area contributed by atoms with Crippen molar-refractivity contribution in [2.24, 2.45) is 0 Å². The van der Waals surface area contributed by atoms with Crippen LogP contribution in [0.3, 0.4) is 0 Å². The molecule has 1 amide bonds. The molecule has 108 valence electrons. The lowest BCUT2D eigenvalue weighted by molar-refractivity contribution is -0.118. The van der Waals surface area contributed by atoms with E-state index >= 15 is 0 Å². The first-order valence-electron chi connectivity index (χ1n) is 7.09. The maximum absolute atomic E-state index is 12.6. The summed E-state index contributed by atoms with van der Waals surface area (Å²) in [5, 5.41) is 6.60. The molecule has 1 atom stereocenters. The third-order valence-corrected chi connectivity index (χ3v) is 3.80. The van der Waals surface area contributed by atoms with E-state index in [0.29, 0.717) is 6.54 Å². The van der Waals surface area contributed by atoms with Crippen LogP contribution in [0.15, 0.2) is 48.5 Å². The van der Waals surface area contributed by atoms with Crippen LogP contribution in [0, 0.1) is 6.92 Å². The van der Waals surface area contributed by atoms with Crippen LogP contribution in [0.1, 0.15) is 5.56 Å². The molecular weight excluding hydrogens is 262 g/mol. The number of hydrogen-bond acceptors (Lipinski definition) is 3. The number of aryl methyl sites for hydroxylation is 1. The summed E-state index contributed by atoms with van der Waals surface area (Å²) in [6.07, 6.45) is 0. The molecule has 1 heterocycles. The van der Waals surface area contributed by atoms with Gasteiger partial charge < -0.3 is 15.5 Å². The summed E-state index contributed by atoms with van der Waals surface area (Å²) >= 11 is 0. The van der Waals surface area contributed by atoms with E-state index in [1.165, 1.54) is 5.56 Å². The first-order valence-corrected chi connectivity index (χ1v) is 7.09. The van der Waals surface area contributed by atoms with Gasteiger partial charge in [-0.2, -0.15) is 0 Å². The Morgan fingerprint density at radius 2 is 1.76 bits per heavy atom. The summed E-state index contributed by atoms with van der Waals surface area (Å²) in [5.74, 6) is 0.0563. The highest BCUT2D eigenvalue weighted by molar-refractivity contribution is 6.00. The van der Waals surface area contributed by atoms with E-state index in [0.717, 1.165) is 17.1 Å². The highest BCUT2D eigenvalue weighted by atomic mass is 16.2. The molecule has 0 aliphatic carbocycles. The van der Waals surface area contributed by atoms with E-state index in [9.17, 15) is 4.79 Å². The lowest BCUT2D eigenvalue weighted by atomic mass is 10.1. The molecule has 0 radical (unpaired) electrons. The van der Waals surface area contributed by atoms with Gasteiger partial charge in [-0.25, -0.2) is 0 Å². The summed E-state index contributed by atoms with van der Waals surface area (Å²) in [6.45, 7) is 2.63. The highest BCUT2D eigenvalue weighted by Crippen LogP contribution is 2.26. The molecule has 0 aromatic heterocycles. The number of fused-ring (bicyclic) bond motifs is 1. The van der Waals surface area contributed by atoms with Gasteiger partial charge >= 0.3 is 0 Å². The minimum Gasteiger partial charge on any atom is -0.381 e. The minimum atomic E-state index is -0.258. The number of carbonyl (C=O) groups excluding carboxylic acids is 1. The Morgan fingerprint density at radius 3 is 2.48 bits per heavy atom. The van der Waals surface area contributed by atoms with Gasteiger partial charge in [-0.1, -0.05) is 29.8 Å². The van der Waals surface area contributed by atoms with Crippen LogP contribution >= 0.6 is 0 Å². The van der Waals surface area contributed by atoms with E-state index in [1.54, 1.807) is 4.90 Å². The van der Waals surface area contributed by atoms with Crippen molar-refractivity contribution in [3.63, 3.8) is 0 Å². The number of benzene rings is 2. The van der Waals surface area contributed by atoms with Crippen molar-refractivity contribution in [3.8, 4) is 0 Å². The van der Waals surface area contributed by atoms with Crippen LogP contribution < -0.4 is 15.5 Å². The van der Waals surface area contributed by atoms with Gasteiger partial charge in [-0.05, 0) is 31.2 Å². The van der Waals surface area contributed by atoms with E-state index in [4.69, 9.17) is 0 Å². The molecule has 0 spiro atoms. The number of hydrogen-bond donors (Lipinski definition) is 2. The SMILES string of the molecule is Cc1ccc(N(C)C(=O)C2CNc3ccccc3N2)cc1. The average Bonchev–Trinajstić information content (AvgIpc) is 2.54. The Kier molecular flexibility index (Phi) is 3.52. The second kappa shape index (κ2) is 5.48. The molecular formula is C17H19N3O. The monoisotopic (exact) mass is 281 g/mol. The molecule has 2 aromatic rings. The first-order chi connectivity index (χ1) is 10.1. The van der Waals surface area contributed by atoms with E-state index in [-0.39, 0.29) is 11.9 Å². The molecule has 1 aliphatic rings. The number of nitrogens with one attached hydrogen (secondary N) is 2. The quantitative estimate of drug-likeness (QED) is 0.889. The second-order valence-electron chi connectivity index (χ2n) is 5.36. The number of likely N-dealkylation sites (N-methyl/N-ethyl adjacent to an activating group) is 1. The van der Waals surface area contributed by atoms with E-state index in [1.807, 2.05) is 62.5 Å². The Labute approximate surface area is 124 Å². The molecule has 1 unspecified atom stereocenters. The molecule has 21 heavy (non-hydrogen) atoms. The molecule has 4 heteroatoms. The van der Waals surface area contributed by atoms with Crippen LogP contribution in [0.2, 0.25) is 0 Å². The number of amides is 1. The van der Waals surface area contributed by atoms with Gasteiger partial charge in [0.1, 0.15) is 6.04 Å². The standard InChI is InChI=1S/C17H19N3O/c1-12-7-9-13(10-8-12)20(2)17(21)16-11-18-14-5-3-4-6-15(14)19-16/h3-10,16,18-19H,11H2,1-2H3. The zero-order valence-corrected chi connectivity index (χ0v) is 12.3. The molecule has 0 saturated heterocycles. The van der Waals surface area contributed by atoms with E-state index in [2.05, 4.69) is 10.6 Å². The Morgan fingerprint density at radius 1 is 1.10 bits per heavy atom. The third-order valence-electron chi connectivity index (χ3n) is 3.80. The van der Waals surface area contributed by atoms with Crippen molar-refractivity contribution in [2.75, 3.05) is 29.1 Å². The van der Waals surface area contributed by atoms with Crippen molar-refractivity contribution in [1.29, 1.82) is 0 Å². The van der Waals surface area contributed by atoms with Gasteiger partial charge in [-0.3, -0.25) is 4.79 Å². The van der Waals surface area contributed by atoms with Crippen LogP contribution in [-0.2, 0) is 4.79 Å². The van der Waals surface area contributed by atoms with Crippen molar-refractivity contribution in [2.45, 2.75) is 13.0 Å². The summed E-state index contributed by atoms with van der Waals surface area (Å²) in [7, 11) is 1.81. The van der Waals surface area contributed by atoms with Gasteiger partial charge in [0.2, 0.25) is 0 Å². The van der Waals surface area contributed by atoms with Gasteiger partial charge in [0.25, 0.3) is 5.91 Å². The normalized spacial score (nSPS) is 16.4. The van der Waals surface area contributed by atoms with Crippen molar-refractivity contribution in [1.82, 2.24) is 0 Å². The number of anilines is 3. The highest BCUT2D eigenvalue weighted by Gasteiger charge is 2.26. The number of carbonyl (C=O) groups is 1. The molecule has 0 bridgehead atoms. The maximum Gasteiger partial charge on any atom is 0.251 e. The van der Waals surface area contributed by atoms with Gasteiger partial charge in [0.15, 0.2) is 0 Å². The fourth-order valence-electron chi connectivity index (χ4n) is 2.49. The molecule has 1 aliphatic heterocycles. The Balaban J connectivity index is 1.75. The zero-order chi connectivity index (χ0) is 14.8. The smallest absolute Gasteiger partial charge is 0.251 e. The van der Waals surface area contributed by atoms with E-state index < -0.39 is 0 Å². The molecule has 2 aromatic carbocycles. The van der Waals surface area contributed by atoms with Crippen LogP contribution in [0.5, 0.6) is 0 Å². The number of para-hydroxylation sites is 2. The molecule has 2 N–H and O–H groups in total. The maximum atomic E-state index is 12.6. The second-order valence-corrected chi connectivity index (χ2v) is 5.36. The number of nitrogens with zero attached hydrogens (tertiary/aromatic N) is 1. The third kappa shape index (κ3) is 2.70. The Bertz CT molecular complexity index is 651. The molecule has 0 fully saturated rings. The number of rotatable bonds is 2. The van der Waals surface area contributed by atoms with Crippen LogP contribution in [-0.4, -0.2) is 25.5 Å². The largest absolute Gasteiger partial charge is 0.381 e. The fraction of sp³-hybridized carbons (Fsp3) is 0.235. The van der Waals surface area contributed by atoms with Crippen molar-refractivity contribution in [3.05, 3.63) is 54.1 Å². The summed E-state index contributed by atoms with van der Waals surface area (Å²) in [4.78, 5) is 14.3. The fourth-order valence-corrected chi connectivity index (χ4v) is 2.49.